The standard InChI is InChI=1S/C20H22N2O/c21-20(23)15-4-2-14(3-5-15)16-6-7-18-13-19(22-10-1-11-22)9-8-17(18)12-16/h2-7,12,19H,1,8-11,13H2,(H2,21,23). The molecule has 1 saturated heterocycles. The number of benzene rings is 2. The van der Waals surface area contributed by atoms with E-state index in [1.54, 1.807) is 12.1 Å². The molecule has 2 aromatic carbocycles. The Balaban J connectivity index is 1.56. The van der Waals surface area contributed by atoms with Gasteiger partial charge in [-0.1, -0.05) is 30.3 Å². The second-order valence-electron chi connectivity index (χ2n) is 6.71. The maximum atomic E-state index is 11.2. The fourth-order valence-electron chi connectivity index (χ4n) is 3.76. The maximum Gasteiger partial charge on any atom is 0.248 e. The van der Waals surface area contributed by atoms with Crippen molar-refractivity contribution in [2.45, 2.75) is 31.7 Å². The summed E-state index contributed by atoms with van der Waals surface area (Å²) in [5.74, 6) is -0.376. The SMILES string of the molecule is NC(=O)c1ccc(-c2ccc3c(c2)CCC(N2CCC2)C3)cc1. The number of fused-ring (bicyclic) bond motifs is 1. The van der Waals surface area contributed by atoms with Crippen LogP contribution >= 0.6 is 0 Å². The van der Waals surface area contributed by atoms with Crippen LogP contribution in [0, 0.1) is 0 Å². The molecule has 0 saturated carbocycles. The van der Waals surface area contributed by atoms with Crippen molar-refractivity contribution < 1.29 is 4.79 Å². The number of hydrogen-bond acceptors (Lipinski definition) is 2. The van der Waals surface area contributed by atoms with Crippen LogP contribution in [0.15, 0.2) is 42.5 Å². The van der Waals surface area contributed by atoms with E-state index in [0.29, 0.717) is 5.56 Å². The minimum absolute atomic E-state index is 0.376. The molecule has 0 bridgehead atoms. The second kappa shape index (κ2) is 5.82. The Morgan fingerprint density at radius 1 is 1.00 bits per heavy atom. The van der Waals surface area contributed by atoms with E-state index in [1.165, 1.54) is 55.5 Å². The zero-order chi connectivity index (χ0) is 15.8. The van der Waals surface area contributed by atoms with Gasteiger partial charge in [0.05, 0.1) is 0 Å². The van der Waals surface area contributed by atoms with Gasteiger partial charge in [0.25, 0.3) is 0 Å². The number of carbonyl (C=O) groups is 1. The van der Waals surface area contributed by atoms with E-state index < -0.39 is 0 Å². The van der Waals surface area contributed by atoms with Gasteiger partial charge in [-0.2, -0.15) is 0 Å². The normalized spacial score (nSPS) is 20.6. The Labute approximate surface area is 137 Å². The number of primary amides is 1. The third kappa shape index (κ3) is 2.77. The number of carbonyl (C=O) groups excluding carboxylic acids is 1. The first kappa shape index (κ1) is 14.5. The van der Waals surface area contributed by atoms with E-state index in [4.69, 9.17) is 5.73 Å². The molecule has 1 atom stereocenters. The number of nitrogens with two attached hydrogens (primary N) is 1. The van der Waals surface area contributed by atoms with Crippen LogP contribution in [0.3, 0.4) is 0 Å². The van der Waals surface area contributed by atoms with Crippen molar-refractivity contribution in [3.05, 3.63) is 59.2 Å². The Hall–Kier alpha value is -2.13. The van der Waals surface area contributed by atoms with Crippen molar-refractivity contribution in [2.75, 3.05) is 13.1 Å². The second-order valence-corrected chi connectivity index (χ2v) is 6.71. The predicted molar refractivity (Wildman–Crippen MR) is 92.4 cm³/mol. The molecule has 2 N–H and O–H groups in total. The summed E-state index contributed by atoms with van der Waals surface area (Å²) >= 11 is 0. The van der Waals surface area contributed by atoms with E-state index in [-0.39, 0.29) is 5.91 Å². The van der Waals surface area contributed by atoms with Gasteiger partial charge in [0.15, 0.2) is 0 Å². The largest absolute Gasteiger partial charge is 0.366 e. The average Bonchev–Trinajstić information content (AvgIpc) is 2.53. The molecule has 3 heteroatoms. The topological polar surface area (TPSA) is 46.3 Å². The predicted octanol–water partition coefficient (Wildman–Crippen LogP) is 3.02. The van der Waals surface area contributed by atoms with Gasteiger partial charge in [0.1, 0.15) is 0 Å². The van der Waals surface area contributed by atoms with E-state index >= 15 is 0 Å². The number of likely N-dealkylation sites (tertiary alicyclic amines) is 1. The van der Waals surface area contributed by atoms with E-state index in [9.17, 15) is 4.79 Å². The third-order valence-corrected chi connectivity index (χ3v) is 5.32. The van der Waals surface area contributed by atoms with Crippen LogP contribution in [0.5, 0.6) is 0 Å². The first-order valence-electron chi connectivity index (χ1n) is 8.47. The van der Waals surface area contributed by atoms with Gasteiger partial charge in [0, 0.05) is 11.6 Å². The lowest BCUT2D eigenvalue weighted by Crippen LogP contribution is -2.47. The zero-order valence-corrected chi connectivity index (χ0v) is 13.3. The van der Waals surface area contributed by atoms with Crippen molar-refractivity contribution in [1.29, 1.82) is 0 Å². The van der Waals surface area contributed by atoms with Gasteiger partial charge in [-0.15, -0.1) is 0 Å². The summed E-state index contributed by atoms with van der Waals surface area (Å²) in [7, 11) is 0. The molecule has 4 rings (SSSR count). The molecule has 1 fully saturated rings. The van der Waals surface area contributed by atoms with Crippen molar-refractivity contribution in [3.63, 3.8) is 0 Å². The Kier molecular flexibility index (Phi) is 3.66. The molecule has 1 heterocycles. The quantitative estimate of drug-likeness (QED) is 0.947. The monoisotopic (exact) mass is 306 g/mol. The fourth-order valence-corrected chi connectivity index (χ4v) is 3.76. The smallest absolute Gasteiger partial charge is 0.248 e. The van der Waals surface area contributed by atoms with E-state index in [1.807, 2.05) is 12.1 Å². The van der Waals surface area contributed by atoms with Crippen molar-refractivity contribution in [1.82, 2.24) is 4.90 Å². The summed E-state index contributed by atoms with van der Waals surface area (Å²) < 4.78 is 0. The summed E-state index contributed by atoms with van der Waals surface area (Å²) in [6.07, 6.45) is 5.00. The summed E-state index contributed by atoms with van der Waals surface area (Å²) in [6.45, 7) is 2.56. The lowest BCUT2D eigenvalue weighted by atomic mass is 9.84. The molecule has 118 valence electrons. The maximum absolute atomic E-state index is 11.2. The van der Waals surface area contributed by atoms with Crippen LogP contribution in [0.25, 0.3) is 11.1 Å². The molecule has 0 aromatic heterocycles. The van der Waals surface area contributed by atoms with Crippen LogP contribution in [-0.4, -0.2) is 29.9 Å². The van der Waals surface area contributed by atoms with Gasteiger partial charge >= 0.3 is 0 Å². The Morgan fingerprint density at radius 2 is 1.74 bits per heavy atom. The molecular weight excluding hydrogens is 284 g/mol. The number of amides is 1. The minimum atomic E-state index is -0.376. The van der Waals surface area contributed by atoms with Crippen molar-refractivity contribution in [2.24, 2.45) is 5.73 Å². The van der Waals surface area contributed by atoms with Gasteiger partial charge in [-0.25, -0.2) is 0 Å². The summed E-state index contributed by atoms with van der Waals surface area (Å²) in [5.41, 5.74) is 11.2. The van der Waals surface area contributed by atoms with Crippen LogP contribution in [0.4, 0.5) is 0 Å². The summed E-state index contributed by atoms with van der Waals surface area (Å²) in [6, 6.07) is 15.1. The molecule has 2 aromatic rings. The van der Waals surface area contributed by atoms with Crippen LogP contribution in [-0.2, 0) is 12.8 Å². The molecule has 1 amide bonds. The first-order chi connectivity index (χ1) is 11.2. The first-order valence-corrected chi connectivity index (χ1v) is 8.47. The van der Waals surface area contributed by atoms with E-state index in [0.717, 1.165) is 11.6 Å². The Morgan fingerprint density at radius 3 is 2.39 bits per heavy atom. The summed E-state index contributed by atoms with van der Waals surface area (Å²) in [5, 5.41) is 0. The molecular formula is C20H22N2O. The highest BCUT2D eigenvalue weighted by molar-refractivity contribution is 5.93. The minimum Gasteiger partial charge on any atom is -0.366 e. The van der Waals surface area contributed by atoms with Crippen LogP contribution < -0.4 is 5.73 Å². The van der Waals surface area contributed by atoms with Gasteiger partial charge in [-0.3, -0.25) is 9.69 Å². The van der Waals surface area contributed by atoms with Gasteiger partial charge in [-0.05, 0) is 73.2 Å². The van der Waals surface area contributed by atoms with Crippen LogP contribution in [0.2, 0.25) is 0 Å². The third-order valence-electron chi connectivity index (χ3n) is 5.32. The molecule has 2 aliphatic rings. The highest BCUT2D eigenvalue weighted by Gasteiger charge is 2.27. The highest BCUT2D eigenvalue weighted by atomic mass is 16.1. The van der Waals surface area contributed by atoms with Crippen molar-refractivity contribution in [3.8, 4) is 11.1 Å². The molecule has 1 aliphatic heterocycles. The zero-order valence-electron chi connectivity index (χ0n) is 13.3. The summed E-state index contributed by atoms with van der Waals surface area (Å²) in [4.78, 5) is 13.8. The molecule has 1 aliphatic carbocycles. The number of nitrogens with zero attached hydrogens (tertiary/aromatic N) is 1. The van der Waals surface area contributed by atoms with Gasteiger partial charge in [0.2, 0.25) is 5.91 Å². The lowest BCUT2D eigenvalue weighted by Gasteiger charge is -2.41. The van der Waals surface area contributed by atoms with E-state index in [2.05, 4.69) is 23.1 Å². The molecule has 3 nitrogen and oxygen atoms in total. The number of hydrogen-bond donors (Lipinski definition) is 1. The molecule has 0 spiro atoms. The molecule has 1 unspecified atom stereocenters. The lowest BCUT2D eigenvalue weighted by molar-refractivity contribution is 0.100. The Bertz CT molecular complexity index is 732. The fraction of sp³-hybridized carbons (Fsp3) is 0.350. The molecule has 0 radical (unpaired) electrons. The number of aryl methyl sites for hydroxylation is 1. The average molecular weight is 306 g/mol. The van der Waals surface area contributed by atoms with Gasteiger partial charge < -0.3 is 5.73 Å². The van der Waals surface area contributed by atoms with Crippen molar-refractivity contribution >= 4 is 5.91 Å². The highest BCUT2D eigenvalue weighted by Crippen LogP contribution is 2.30. The molecule has 23 heavy (non-hydrogen) atoms. The number of rotatable bonds is 3. The van der Waals surface area contributed by atoms with Crippen LogP contribution in [0.1, 0.15) is 34.3 Å².